The summed E-state index contributed by atoms with van der Waals surface area (Å²) in [6, 6.07) is 10.1. The number of nitrogens with zero attached hydrogens (tertiary/aromatic N) is 5. The molecule has 0 spiro atoms. The maximum absolute atomic E-state index is 5.88. The molecule has 0 aliphatic carbocycles. The molecule has 27 heavy (non-hydrogen) atoms. The van der Waals surface area contributed by atoms with Gasteiger partial charge in [-0.25, -0.2) is 9.97 Å². The zero-order valence-electron chi connectivity index (χ0n) is 14.3. The van der Waals surface area contributed by atoms with Crippen LogP contribution in [0.3, 0.4) is 0 Å². The number of pyridine rings is 1. The summed E-state index contributed by atoms with van der Waals surface area (Å²) in [7, 11) is 1.95. The normalized spacial score (nSPS) is 11.5. The summed E-state index contributed by atoms with van der Waals surface area (Å²) in [5.74, 6) is 0.138. The van der Waals surface area contributed by atoms with Gasteiger partial charge in [0.25, 0.3) is 0 Å². The summed E-state index contributed by atoms with van der Waals surface area (Å²) in [6.45, 7) is 0. The Labute approximate surface area is 162 Å². The van der Waals surface area contributed by atoms with E-state index in [4.69, 9.17) is 5.73 Å². The number of aromatic amines is 1. The van der Waals surface area contributed by atoms with Gasteiger partial charge >= 0.3 is 0 Å². The number of fused-ring (bicyclic) bond motifs is 2. The van der Waals surface area contributed by atoms with Gasteiger partial charge in [-0.3, -0.25) is 0 Å². The average Bonchev–Trinajstić information content (AvgIpc) is 3.23. The van der Waals surface area contributed by atoms with Crippen molar-refractivity contribution in [3.8, 4) is 22.5 Å². The second-order valence-electron chi connectivity index (χ2n) is 6.29. The molecule has 4 heterocycles. The van der Waals surface area contributed by atoms with Crippen molar-refractivity contribution >= 4 is 43.8 Å². The fraction of sp³-hybridized carbons (Fsp3) is 0.0526. The fourth-order valence-corrected chi connectivity index (χ4v) is 3.73. The van der Waals surface area contributed by atoms with Crippen LogP contribution in [0.15, 0.2) is 53.4 Å². The third kappa shape index (κ3) is 2.48. The van der Waals surface area contributed by atoms with Crippen LogP contribution >= 0.6 is 15.9 Å². The van der Waals surface area contributed by atoms with E-state index in [1.165, 1.54) is 0 Å². The maximum Gasteiger partial charge on any atom is 0.240 e. The third-order valence-corrected chi connectivity index (χ3v) is 5.02. The molecule has 0 unspecified atom stereocenters. The molecule has 0 radical (unpaired) electrons. The van der Waals surface area contributed by atoms with Crippen molar-refractivity contribution in [3.05, 3.63) is 53.4 Å². The molecule has 8 heteroatoms. The highest BCUT2D eigenvalue weighted by Crippen LogP contribution is 2.37. The minimum Gasteiger partial charge on any atom is -0.366 e. The molecule has 4 aromatic heterocycles. The highest BCUT2D eigenvalue weighted by Gasteiger charge is 2.20. The molecule has 0 aliphatic heterocycles. The quantitative estimate of drug-likeness (QED) is 0.451. The van der Waals surface area contributed by atoms with Crippen LogP contribution in [0.1, 0.15) is 0 Å². The van der Waals surface area contributed by atoms with Crippen LogP contribution in [0.2, 0.25) is 0 Å². The van der Waals surface area contributed by atoms with Gasteiger partial charge in [0.15, 0.2) is 0 Å². The first-order valence-electron chi connectivity index (χ1n) is 8.29. The Hall–Kier alpha value is -3.26. The first-order chi connectivity index (χ1) is 13.1. The number of halogens is 1. The van der Waals surface area contributed by atoms with Gasteiger partial charge in [0.1, 0.15) is 17.0 Å². The lowest BCUT2D eigenvalue weighted by Crippen LogP contribution is -2.02. The van der Waals surface area contributed by atoms with E-state index in [9.17, 15) is 0 Å². The Morgan fingerprint density at radius 3 is 2.81 bits per heavy atom. The second-order valence-corrected chi connectivity index (χ2v) is 7.21. The van der Waals surface area contributed by atoms with E-state index in [1.54, 1.807) is 6.20 Å². The van der Waals surface area contributed by atoms with E-state index in [1.807, 2.05) is 54.3 Å². The molecule has 0 fully saturated rings. The van der Waals surface area contributed by atoms with E-state index in [-0.39, 0.29) is 5.95 Å². The highest BCUT2D eigenvalue weighted by molar-refractivity contribution is 9.10. The molecule has 1 aromatic carbocycles. The Balaban J connectivity index is 1.84. The molecule has 132 valence electrons. The Morgan fingerprint density at radius 2 is 1.93 bits per heavy atom. The van der Waals surface area contributed by atoms with Crippen LogP contribution in [0, 0.1) is 0 Å². The lowest BCUT2D eigenvalue weighted by atomic mass is 10.0. The minimum absolute atomic E-state index is 0.138. The average molecular weight is 420 g/mol. The molecule has 0 aliphatic rings. The first kappa shape index (κ1) is 16.0. The van der Waals surface area contributed by atoms with Gasteiger partial charge in [0.05, 0.1) is 0 Å². The lowest BCUT2D eigenvalue weighted by molar-refractivity contribution is 0.945. The lowest BCUT2D eigenvalue weighted by Gasteiger charge is -2.06. The van der Waals surface area contributed by atoms with Crippen molar-refractivity contribution in [2.24, 2.45) is 7.05 Å². The number of aromatic nitrogens is 6. The standard InChI is InChI=1S/C19H14BrN7/c1-27-9-14(12-6-10(20)7-23-18(12)27)17-16(24-19(21)26-25-17)13-8-22-15-5-3-2-4-11(13)15/h2-9,22H,1H3,(H2,21,24,26). The summed E-state index contributed by atoms with van der Waals surface area (Å²) >= 11 is 3.50. The van der Waals surface area contributed by atoms with E-state index < -0.39 is 0 Å². The summed E-state index contributed by atoms with van der Waals surface area (Å²) in [6.07, 6.45) is 5.70. The number of aryl methyl sites for hydroxylation is 1. The molecule has 5 rings (SSSR count). The maximum atomic E-state index is 5.88. The monoisotopic (exact) mass is 419 g/mol. The number of anilines is 1. The van der Waals surface area contributed by atoms with E-state index in [2.05, 4.69) is 41.1 Å². The van der Waals surface area contributed by atoms with Crippen LogP contribution in [0.5, 0.6) is 0 Å². The molecular formula is C19H14BrN7. The van der Waals surface area contributed by atoms with Gasteiger partial charge < -0.3 is 15.3 Å². The number of benzene rings is 1. The van der Waals surface area contributed by atoms with Crippen molar-refractivity contribution in [2.75, 3.05) is 5.73 Å². The molecule has 0 bridgehead atoms. The van der Waals surface area contributed by atoms with Gasteiger partial charge in [-0.1, -0.05) is 18.2 Å². The van der Waals surface area contributed by atoms with Gasteiger partial charge in [-0.2, -0.15) is 0 Å². The Kier molecular flexibility index (Phi) is 3.48. The fourth-order valence-electron chi connectivity index (χ4n) is 3.40. The molecule has 5 aromatic rings. The summed E-state index contributed by atoms with van der Waals surface area (Å²) in [5, 5.41) is 10.4. The topological polar surface area (TPSA) is 98.3 Å². The molecule has 0 saturated heterocycles. The molecule has 0 atom stereocenters. The minimum atomic E-state index is 0.138. The first-order valence-corrected chi connectivity index (χ1v) is 9.09. The zero-order valence-corrected chi connectivity index (χ0v) is 15.9. The Bertz CT molecular complexity index is 1320. The Morgan fingerprint density at radius 1 is 1.07 bits per heavy atom. The van der Waals surface area contributed by atoms with Gasteiger partial charge in [0.2, 0.25) is 5.95 Å². The number of rotatable bonds is 2. The third-order valence-electron chi connectivity index (χ3n) is 4.58. The summed E-state index contributed by atoms with van der Waals surface area (Å²) in [4.78, 5) is 12.3. The number of hydrogen-bond donors (Lipinski definition) is 2. The van der Waals surface area contributed by atoms with Gasteiger partial charge in [0, 0.05) is 57.5 Å². The summed E-state index contributed by atoms with van der Waals surface area (Å²) < 4.78 is 2.86. The highest BCUT2D eigenvalue weighted by atomic mass is 79.9. The number of H-pyrrole nitrogens is 1. The number of nitrogens with two attached hydrogens (primary N) is 1. The number of nitrogens with one attached hydrogen (secondary N) is 1. The van der Waals surface area contributed by atoms with Crippen LogP contribution < -0.4 is 5.73 Å². The molecule has 7 nitrogen and oxygen atoms in total. The van der Waals surface area contributed by atoms with Crippen LogP contribution in [-0.4, -0.2) is 29.7 Å². The van der Waals surface area contributed by atoms with Crippen LogP contribution in [0.4, 0.5) is 5.95 Å². The summed E-state index contributed by atoms with van der Waals surface area (Å²) in [5.41, 5.74) is 11.0. The van der Waals surface area contributed by atoms with Gasteiger partial charge in [-0.05, 0) is 28.1 Å². The largest absolute Gasteiger partial charge is 0.366 e. The number of para-hydroxylation sites is 1. The van der Waals surface area contributed by atoms with Crippen molar-refractivity contribution < 1.29 is 0 Å². The molecule has 0 saturated carbocycles. The van der Waals surface area contributed by atoms with E-state index in [0.717, 1.165) is 37.5 Å². The SMILES string of the molecule is Cn1cc(-c2nnc(N)nc2-c2c[nH]c3ccccc23)c2cc(Br)cnc21. The predicted molar refractivity (Wildman–Crippen MR) is 109 cm³/mol. The molecule has 3 N–H and O–H groups in total. The van der Waals surface area contributed by atoms with Gasteiger partial charge in [-0.15, -0.1) is 10.2 Å². The molecular weight excluding hydrogens is 406 g/mol. The number of nitrogen functional groups attached to an aromatic ring is 1. The van der Waals surface area contributed by atoms with Crippen molar-refractivity contribution in [1.82, 2.24) is 29.7 Å². The second kappa shape index (κ2) is 5.88. The van der Waals surface area contributed by atoms with E-state index in [0.29, 0.717) is 11.4 Å². The van der Waals surface area contributed by atoms with Crippen molar-refractivity contribution in [1.29, 1.82) is 0 Å². The van der Waals surface area contributed by atoms with Crippen molar-refractivity contribution in [2.45, 2.75) is 0 Å². The number of hydrogen-bond acceptors (Lipinski definition) is 5. The van der Waals surface area contributed by atoms with Crippen molar-refractivity contribution in [3.63, 3.8) is 0 Å². The molecule has 0 amide bonds. The van der Waals surface area contributed by atoms with Crippen LogP contribution in [0.25, 0.3) is 44.5 Å². The zero-order chi connectivity index (χ0) is 18.5. The van der Waals surface area contributed by atoms with E-state index >= 15 is 0 Å². The smallest absolute Gasteiger partial charge is 0.240 e. The predicted octanol–water partition coefficient (Wildman–Crippen LogP) is 3.92. The van der Waals surface area contributed by atoms with Crippen LogP contribution in [-0.2, 0) is 7.05 Å².